The molecule has 1 N–H and O–H groups in total. The highest BCUT2D eigenvalue weighted by molar-refractivity contribution is 5.34. The van der Waals surface area contributed by atoms with E-state index in [1.165, 1.54) is 12.1 Å². The van der Waals surface area contributed by atoms with Gasteiger partial charge in [-0.05, 0) is 37.0 Å². The number of rotatable bonds is 3. The summed E-state index contributed by atoms with van der Waals surface area (Å²) >= 11 is 0. The quantitative estimate of drug-likeness (QED) is 0.496. The molecule has 4 nitrogen and oxygen atoms in total. The van der Waals surface area contributed by atoms with E-state index in [0.29, 0.717) is 0 Å². The van der Waals surface area contributed by atoms with Crippen LogP contribution in [-0.4, -0.2) is 10.0 Å². The van der Waals surface area contributed by atoms with E-state index in [0.717, 1.165) is 30.4 Å². The van der Waals surface area contributed by atoms with Gasteiger partial charge in [0.2, 0.25) is 0 Å². The first-order valence-electron chi connectivity index (χ1n) is 5.69. The maximum Gasteiger partial charge on any atom is 0.269 e. The van der Waals surface area contributed by atoms with Crippen molar-refractivity contribution in [1.82, 2.24) is 0 Å². The predicted molar refractivity (Wildman–Crippen MR) is 64.5 cm³/mol. The summed E-state index contributed by atoms with van der Waals surface area (Å²) in [5.74, 6) is 0.0939. The fourth-order valence-corrected chi connectivity index (χ4v) is 2.35. The predicted octanol–water partition coefficient (Wildman–Crippen LogP) is 2.98. The summed E-state index contributed by atoms with van der Waals surface area (Å²) in [5.41, 5.74) is 1.85. The van der Waals surface area contributed by atoms with E-state index >= 15 is 0 Å². The minimum absolute atomic E-state index is 0.0474. The SMILES string of the molecule is C=C1CCC[C@@H]1[C@H](O)c1ccc([N+](=O)[O-])cc1. The molecule has 0 unspecified atom stereocenters. The number of hydrogen-bond acceptors (Lipinski definition) is 3. The topological polar surface area (TPSA) is 63.4 Å². The van der Waals surface area contributed by atoms with Crippen molar-refractivity contribution in [3.63, 3.8) is 0 Å². The van der Waals surface area contributed by atoms with E-state index in [-0.39, 0.29) is 11.6 Å². The van der Waals surface area contributed by atoms with Gasteiger partial charge in [0.05, 0.1) is 11.0 Å². The molecule has 1 aliphatic rings. The van der Waals surface area contributed by atoms with Gasteiger partial charge in [0.25, 0.3) is 5.69 Å². The summed E-state index contributed by atoms with van der Waals surface area (Å²) in [7, 11) is 0. The Labute approximate surface area is 99.7 Å². The first kappa shape index (κ1) is 11.8. The monoisotopic (exact) mass is 233 g/mol. The third-order valence-corrected chi connectivity index (χ3v) is 3.36. The van der Waals surface area contributed by atoms with Gasteiger partial charge in [0.15, 0.2) is 0 Å². The van der Waals surface area contributed by atoms with Crippen LogP contribution in [0.15, 0.2) is 36.4 Å². The minimum Gasteiger partial charge on any atom is -0.388 e. The molecule has 0 bridgehead atoms. The Morgan fingerprint density at radius 2 is 2.06 bits per heavy atom. The van der Waals surface area contributed by atoms with Gasteiger partial charge >= 0.3 is 0 Å². The van der Waals surface area contributed by atoms with Crippen molar-refractivity contribution < 1.29 is 10.0 Å². The molecule has 0 saturated heterocycles. The number of aliphatic hydroxyl groups excluding tert-OH is 1. The molecule has 0 aromatic heterocycles. The average molecular weight is 233 g/mol. The second-order valence-electron chi connectivity index (χ2n) is 4.45. The van der Waals surface area contributed by atoms with Gasteiger partial charge in [-0.3, -0.25) is 10.1 Å². The normalized spacial score (nSPS) is 21.5. The number of nitrogens with zero attached hydrogens (tertiary/aromatic N) is 1. The fourth-order valence-electron chi connectivity index (χ4n) is 2.35. The molecular weight excluding hydrogens is 218 g/mol. The van der Waals surface area contributed by atoms with Crippen LogP contribution in [0.1, 0.15) is 30.9 Å². The number of nitro benzene ring substituents is 1. The molecule has 1 aliphatic carbocycles. The highest BCUT2D eigenvalue weighted by Gasteiger charge is 2.27. The molecule has 1 saturated carbocycles. The lowest BCUT2D eigenvalue weighted by Crippen LogP contribution is -2.10. The Morgan fingerprint density at radius 1 is 1.41 bits per heavy atom. The van der Waals surface area contributed by atoms with Gasteiger partial charge in [0, 0.05) is 18.1 Å². The van der Waals surface area contributed by atoms with Crippen molar-refractivity contribution in [2.45, 2.75) is 25.4 Å². The molecule has 2 atom stereocenters. The standard InChI is InChI=1S/C13H15NO3/c1-9-3-2-4-12(9)13(15)10-5-7-11(8-6-10)14(16)17/h5-8,12-13,15H,1-4H2/t12-,13+/m0/s1. The maximum absolute atomic E-state index is 10.5. The number of benzene rings is 1. The van der Waals surface area contributed by atoms with E-state index in [9.17, 15) is 15.2 Å². The van der Waals surface area contributed by atoms with Gasteiger partial charge in [-0.25, -0.2) is 0 Å². The maximum atomic E-state index is 10.5. The van der Waals surface area contributed by atoms with Crippen LogP contribution in [0.25, 0.3) is 0 Å². The first-order valence-corrected chi connectivity index (χ1v) is 5.69. The Balaban J connectivity index is 2.16. The lowest BCUT2D eigenvalue weighted by Gasteiger charge is -2.19. The third-order valence-electron chi connectivity index (χ3n) is 3.36. The molecule has 1 aromatic rings. The average Bonchev–Trinajstić information content (AvgIpc) is 2.74. The Bertz CT molecular complexity index is 438. The lowest BCUT2D eigenvalue weighted by atomic mass is 9.92. The Morgan fingerprint density at radius 3 is 2.53 bits per heavy atom. The van der Waals surface area contributed by atoms with E-state index in [1.54, 1.807) is 12.1 Å². The summed E-state index contributed by atoms with van der Waals surface area (Å²) in [6.07, 6.45) is 2.38. The summed E-state index contributed by atoms with van der Waals surface area (Å²) < 4.78 is 0. The van der Waals surface area contributed by atoms with Crippen molar-refractivity contribution in [3.8, 4) is 0 Å². The first-order chi connectivity index (χ1) is 8.09. The zero-order valence-corrected chi connectivity index (χ0v) is 9.50. The van der Waals surface area contributed by atoms with Crippen LogP contribution in [0.5, 0.6) is 0 Å². The molecule has 90 valence electrons. The second kappa shape index (κ2) is 4.67. The van der Waals surface area contributed by atoms with E-state index in [1.807, 2.05) is 0 Å². The third kappa shape index (κ3) is 2.36. The highest BCUT2D eigenvalue weighted by atomic mass is 16.6. The summed E-state index contributed by atoms with van der Waals surface area (Å²) in [5, 5.41) is 20.7. The van der Waals surface area contributed by atoms with Crippen molar-refractivity contribution >= 4 is 5.69 Å². The minimum atomic E-state index is -0.592. The van der Waals surface area contributed by atoms with Crippen LogP contribution in [0, 0.1) is 16.0 Å². The molecule has 0 radical (unpaired) electrons. The van der Waals surface area contributed by atoms with Gasteiger partial charge in [-0.2, -0.15) is 0 Å². The number of aliphatic hydroxyl groups is 1. The second-order valence-corrected chi connectivity index (χ2v) is 4.45. The Kier molecular flexibility index (Phi) is 3.24. The van der Waals surface area contributed by atoms with E-state index < -0.39 is 11.0 Å². The number of nitro groups is 1. The highest BCUT2D eigenvalue weighted by Crippen LogP contribution is 2.39. The number of non-ortho nitro benzene ring substituents is 1. The molecule has 1 aromatic carbocycles. The van der Waals surface area contributed by atoms with Crippen LogP contribution >= 0.6 is 0 Å². The molecular formula is C13H15NO3. The van der Waals surface area contributed by atoms with Crippen molar-refractivity contribution in [3.05, 3.63) is 52.1 Å². The molecule has 4 heteroatoms. The smallest absolute Gasteiger partial charge is 0.269 e. The van der Waals surface area contributed by atoms with Crippen LogP contribution in [0.4, 0.5) is 5.69 Å². The summed E-state index contributed by atoms with van der Waals surface area (Å²) in [4.78, 5) is 10.1. The van der Waals surface area contributed by atoms with Gasteiger partial charge in [0.1, 0.15) is 0 Å². The molecule has 0 amide bonds. The van der Waals surface area contributed by atoms with Gasteiger partial charge < -0.3 is 5.11 Å². The summed E-state index contributed by atoms with van der Waals surface area (Å²) in [6.45, 7) is 3.96. The van der Waals surface area contributed by atoms with Gasteiger partial charge in [-0.1, -0.05) is 12.2 Å². The van der Waals surface area contributed by atoms with Crippen molar-refractivity contribution in [2.24, 2.45) is 5.92 Å². The molecule has 1 fully saturated rings. The van der Waals surface area contributed by atoms with Gasteiger partial charge in [-0.15, -0.1) is 0 Å². The number of hydrogen-bond donors (Lipinski definition) is 1. The molecule has 0 heterocycles. The molecule has 0 spiro atoms. The van der Waals surface area contributed by atoms with Crippen molar-refractivity contribution in [1.29, 1.82) is 0 Å². The molecule has 2 rings (SSSR count). The summed E-state index contributed by atoms with van der Waals surface area (Å²) in [6, 6.07) is 6.09. The molecule has 17 heavy (non-hydrogen) atoms. The zero-order valence-electron chi connectivity index (χ0n) is 9.50. The van der Waals surface area contributed by atoms with Crippen LogP contribution in [-0.2, 0) is 0 Å². The van der Waals surface area contributed by atoms with Crippen LogP contribution in [0.3, 0.4) is 0 Å². The zero-order chi connectivity index (χ0) is 12.4. The van der Waals surface area contributed by atoms with Crippen LogP contribution < -0.4 is 0 Å². The fraction of sp³-hybridized carbons (Fsp3) is 0.385. The molecule has 0 aliphatic heterocycles. The van der Waals surface area contributed by atoms with E-state index in [4.69, 9.17) is 0 Å². The largest absolute Gasteiger partial charge is 0.388 e. The van der Waals surface area contributed by atoms with E-state index in [2.05, 4.69) is 6.58 Å². The van der Waals surface area contributed by atoms with Crippen LogP contribution in [0.2, 0.25) is 0 Å². The Hall–Kier alpha value is -1.68. The lowest BCUT2D eigenvalue weighted by molar-refractivity contribution is -0.384. The van der Waals surface area contributed by atoms with Crippen molar-refractivity contribution in [2.75, 3.05) is 0 Å².